The van der Waals surface area contributed by atoms with Crippen LogP contribution < -0.4 is 39.8 Å². The Morgan fingerprint density at radius 1 is 0.807 bits per heavy atom. The first-order valence-electron chi connectivity index (χ1n) is 27.8. The van der Waals surface area contributed by atoms with Crippen molar-refractivity contribution in [2.45, 2.75) is 126 Å². The Hall–Kier alpha value is -6.97. The number of carbonyl (C=O) groups is 2. The predicted molar refractivity (Wildman–Crippen MR) is 310 cm³/mol. The van der Waals surface area contributed by atoms with Crippen molar-refractivity contribution < 1.29 is 45.4 Å². The lowest BCUT2D eigenvalue weighted by molar-refractivity contribution is 0.0705. The molecule has 6 aromatic heterocycles. The summed E-state index contributed by atoms with van der Waals surface area (Å²) in [6.07, 6.45) is 11.9. The summed E-state index contributed by atoms with van der Waals surface area (Å²) in [6.45, 7) is 17.0. The summed E-state index contributed by atoms with van der Waals surface area (Å²) in [5.74, 6) is 1.11. The molecule has 2 saturated heterocycles. The zero-order valence-corrected chi connectivity index (χ0v) is 49.7. The van der Waals surface area contributed by atoms with Gasteiger partial charge in [-0.3, -0.25) is 9.59 Å². The molecule has 4 bridgehead atoms. The van der Waals surface area contributed by atoms with Crippen molar-refractivity contribution in [3.63, 3.8) is 0 Å². The summed E-state index contributed by atoms with van der Waals surface area (Å²) in [6, 6.07) is 18.7. The summed E-state index contributed by atoms with van der Waals surface area (Å²) in [5, 5.41) is 17.7. The average Bonchev–Trinajstić information content (AvgIpc) is 4.15. The highest BCUT2D eigenvalue weighted by molar-refractivity contribution is 7.90. The molecule has 444 valence electrons. The van der Waals surface area contributed by atoms with Crippen molar-refractivity contribution in [3.8, 4) is 23.4 Å². The van der Waals surface area contributed by atoms with E-state index in [2.05, 4.69) is 87.4 Å². The van der Waals surface area contributed by atoms with Crippen LogP contribution in [0.3, 0.4) is 0 Å². The number of ether oxygens (including phenoxy) is 4. The van der Waals surface area contributed by atoms with Crippen LogP contribution in [0.25, 0.3) is 11.6 Å². The zero-order valence-electron chi connectivity index (χ0n) is 47.4. The number of aromatic nitrogens is 8. The van der Waals surface area contributed by atoms with Crippen LogP contribution in [0.2, 0.25) is 5.15 Å². The molecule has 6 aromatic rings. The Morgan fingerprint density at radius 2 is 1.47 bits per heavy atom. The number of anilines is 3. The maximum absolute atomic E-state index is 13.5. The van der Waals surface area contributed by atoms with Crippen LogP contribution >= 0.6 is 11.6 Å². The average molecular weight is 1200 g/mol. The van der Waals surface area contributed by atoms with Crippen molar-refractivity contribution >= 4 is 60.9 Å². The maximum atomic E-state index is 13.5. The summed E-state index contributed by atoms with van der Waals surface area (Å²) >= 11 is 6.27. The number of pyridine rings is 4. The van der Waals surface area contributed by atoms with E-state index in [4.69, 9.17) is 35.5 Å². The van der Waals surface area contributed by atoms with Gasteiger partial charge in [-0.2, -0.15) is 16.8 Å². The van der Waals surface area contributed by atoms with Gasteiger partial charge in [-0.25, -0.2) is 38.7 Å². The molecule has 2 atom stereocenters. The number of fused-ring (bicyclic) bond motifs is 6. The third-order valence-electron chi connectivity index (χ3n) is 15.5. The van der Waals surface area contributed by atoms with Gasteiger partial charge in [0.1, 0.15) is 22.6 Å². The molecule has 2 aliphatic carbocycles. The molecule has 5 N–H and O–H groups in total. The van der Waals surface area contributed by atoms with Gasteiger partial charge in [0.15, 0.2) is 21.7 Å². The van der Waals surface area contributed by atoms with Crippen LogP contribution in [0.4, 0.5) is 17.5 Å². The molecule has 9 heterocycles. The number of hydrogen-bond donors (Lipinski definition) is 5. The van der Waals surface area contributed by atoms with Crippen LogP contribution in [0.5, 0.6) is 11.8 Å². The quantitative estimate of drug-likeness (QED) is 0.0441. The van der Waals surface area contributed by atoms with Gasteiger partial charge >= 0.3 is 0 Å². The van der Waals surface area contributed by atoms with Crippen LogP contribution in [0, 0.1) is 10.8 Å². The summed E-state index contributed by atoms with van der Waals surface area (Å²) in [4.78, 5) is 45.8. The molecule has 24 nitrogen and oxygen atoms in total. The van der Waals surface area contributed by atoms with Crippen molar-refractivity contribution in [1.82, 2.24) is 54.3 Å². The largest absolute Gasteiger partial charge is 0.477 e. The molecule has 2 unspecified atom stereocenters. The van der Waals surface area contributed by atoms with Crippen LogP contribution in [0.1, 0.15) is 114 Å². The molecule has 0 radical (unpaired) electrons. The van der Waals surface area contributed by atoms with E-state index in [1.54, 1.807) is 59.5 Å². The van der Waals surface area contributed by atoms with Gasteiger partial charge in [-0.05, 0) is 138 Å². The molecule has 0 spiro atoms. The second-order valence-corrected chi connectivity index (χ2v) is 27.2. The number of nitrogens with zero attached hydrogens (tertiary/aromatic N) is 9. The fraction of sp³-hybridized carbons (Fsp3) is 0.500. The van der Waals surface area contributed by atoms with Crippen LogP contribution in [-0.4, -0.2) is 144 Å². The van der Waals surface area contributed by atoms with E-state index in [9.17, 15) is 26.4 Å². The minimum atomic E-state index is -4.29. The number of rotatable bonds is 18. The fourth-order valence-electron chi connectivity index (χ4n) is 9.91. The number of carbonyl (C=O) groups excluding carboxylic acids is 2. The summed E-state index contributed by atoms with van der Waals surface area (Å²) < 4.78 is 83.1. The molecule has 3 aliphatic heterocycles. The Labute approximate surface area is 488 Å². The molecule has 83 heavy (non-hydrogen) atoms. The first kappa shape index (κ1) is 59.2. The first-order valence-corrected chi connectivity index (χ1v) is 31.1. The third kappa shape index (κ3) is 15.1. The Morgan fingerprint density at radius 3 is 2.12 bits per heavy atom. The molecule has 0 aromatic carbocycles. The Balaban J connectivity index is 0.000000185. The van der Waals surface area contributed by atoms with E-state index in [0.717, 1.165) is 25.8 Å². The number of halogens is 1. The van der Waals surface area contributed by atoms with Crippen LogP contribution in [0.15, 0.2) is 95.2 Å². The molecule has 27 heteroatoms. The van der Waals surface area contributed by atoms with E-state index >= 15 is 0 Å². The summed E-state index contributed by atoms with van der Waals surface area (Å²) in [7, 11) is -8.54. The third-order valence-corrected chi connectivity index (χ3v) is 18.3. The lowest BCUT2D eigenvalue weighted by Gasteiger charge is -2.33. The SMILES string of the molecule is CC1(CCOc2ccn(-c3ccc(C(=O)NS(=O)(=O)c4cccc(NCCOC5CNC(C)(C)C5)n4)c(Cl)n3)n2)CC1.CC1(CCOc2ccn(-c3ccc4c(n3)N3CC(CC3(C)C)OCCNc3cccc(n3)S(=O)(=O)NC4=O)n2)CC1. The van der Waals surface area contributed by atoms with Crippen molar-refractivity contribution in [2.75, 3.05) is 68.1 Å². The molecule has 2 saturated carbocycles. The molecule has 11 rings (SSSR count). The van der Waals surface area contributed by atoms with E-state index in [0.29, 0.717) is 104 Å². The first-order chi connectivity index (χ1) is 39.4. The van der Waals surface area contributed by atoms with Gasteiger partial charge in [-0.15, -0.1) is 10.2 Å². The molecule has 4 fully saturated rings. The summed E-state index contributed by atoms with van der Waals surface area (Å²) in [5.41, 5.74) is 0.425. The van der Waals surface area contributed by atoms with E-state index in [-0.39, 0.29) is 44.1 Å². The highest BCUT2D eigenvalue weighted by Gasteiger charge is 2.42. The highest BCUT2D eigenvalue weighted by Crippen LogP contribution is 2.48. The number of amides is 2. The number of nitrogens with one attached hydrogen (secondary N) is 5. The Kier molecular flexibility index (Phi) is 17.1. The second-order valence-electron chi connectivity index (χ2n) is 23.6. The molecular weight excluding hydrogens is 1130 g/mol. The zero-order chi connectivity index (χ0) is 58.8. The van der Waals surface area contributed by atoms with Gasteiger partial charge in [0.2, 0.25) is 11.8 Å². The van der Waals surface area contributed by atoms with Crippen molar-refractivity contribution in [1.29, 1.82) is 0 Å². The van der Waals surface area contributed by atoms with E-state index < -0.39 is 37.4 Å². The van der Waals surface area contributed by atoms with E-state index in [1.807, 2.05) is 9.62 Å². The van der Waals surface area contributed by atoms with Crippen molar-refractivity contribution in [3.05, 3.63) is 101 Å². The second kappa shape index (κ2) is 24.0. The topological polar surface area (TPSA) is 290 Å². The van der Waals surface area contributed by atoms with Gasteiger partial charge in [0.25, 0.3) is 31.9 Å². The standard InChI is InChI=1S/C28H36ClN7O5S.C28H35N7O5S/c1-27(2)17-19(18-31-27)40-16-13-30-21-5-4-6-24(32-21)42(38,39)35-26(37)20-7-8-22(33-25(20)29)36-14-9-23(34-36)41-15-12-28(3)10-11-28;1-27(2)17-19-18-34(27)25-20(26(36)33-41(37,38)24-6-4-5-21(30-24)29-13-16-39-19)7-8-22(31-25)35-14-9-23(32-35)40-15-12-28(3)10-11-28/h4-9,14,19,31H,10-13,15-18H2,1-3H3,(H,30,32)(H,35,37);4-9,14,19H,10-13,15-18H2,1-3H3,(H,29,30)(H,33,36). The smallest absolute Gasteiger partial charge is 0.281 e. The minimum absolute atomic E-state index is 0.0571. The number of sulfonamides is 2. The monoisotopic (exact) mass is 1200 g/mol. The van der Waals surface area contributed by atoms with Gasteiger partial charge in [-0.1, -0.05) is 37.6 Å². The predicted octanol–water partition coefficient (Wildman–Crippen LogP) is 6.72. The lowest BCUT2D eigenvalue weighted by atomic mass is 10.0. The van der Waals surface area contributed by atoms with Gasteiger partial charge in [0.05, 0.1) is 49.8 Å². The normalized spacial score (nSPS) is 20.7. The molecular formula is C56H71ClN14O10S2. The molecule has 5 aliphatic rings. The van der Waals surface area contributed by atoms with Gasteiger partial charge < -0.3 is 39.8 Å². The maximum Gasteiger partial charge on any atom is 0.281 e. The van der Waals surface area contributed by atoms with E-state index in [1.165, 1.54) is 60.7 Å². The van der Waals surface area contributed by atoms with Gasteiger partial charge in [0, 0.05) is 61.8 Å². The highest BCUT2D eigenvalue weighted by atomic mass is 35.5. The number of hydrogen-bond acceptors (Lipinski definition) is 20. The lowest BCUT2D eigenvalue weighted by Crippen LogP contribution is -2.41. The minimum Gasteiger partial charge on any atom is -0.477 e. The van der Waals surface area contributed by atoms with Crippen LogP contribution in [-0.2, 0) is 29.5 Å². The molecule has 2 amide bonds. The Bertz CT molecular complexity index is 3570. The van der Waals surface area contributed by atoms with Crippen molar-refractivity contribution in [2.24, 2.45) is 10.8 Å². The fourth-order valence-corrected chi connectivity index (χ4v) is 12.0.